The molecule has 3 heterocycles. The monoisotopic (exact) mass is 609 g/mol. The van der Waals surface area contributed by atoms with Crippen molar-refractivity contribution in [2.45, 2.75) is 95.3 Å². The van der Waals surface area contributed by atoms with E-state index in [0.717, 1.165) is 11.6 Å². The summed E-state index contributed by atoms with van der Waals surface area (Å²) in [5.41, 5.74) is 0.280. The fraction of sp³-hybridized carbons (Fsp3) is 0.677. The number of aliphatic hydroxyl groups excluding tert-OH is 1. The van der Waals surface area contributed by atoms with Gasteiger partial charge in [-0.1, -0.05) is 63.3 Å². The summed E-state index contributed by atoms with van der Waals surface area (Å²) >= 11 is 0. The van der Waals surface area contributed by atoms with Gasteiger partial charge in [0, 0.05) is 51.6 Å². The van der Waals surface area contributed by atoms with Gasteiger partial charge in [0.2, 0.25) is 5.79 Å². The number of nitrogens with one attached hydrogen (secondary N) is 1. The fourth-order valence-electron chi connectivity index (χ4n) is 5.85. The van der Waals surface area contributed by atoms with Crippen molar-refractivity contribution in [3.63, 3.8) is 0 Å². The molecule has 12 heteroatoms. The van der Waals surface area contributed by atoms with Crippen LogP contribution in [0.1, 0.15) is 40.5 Å². The lowest BCUT2D eigenvalue weighted by Gasteiger charge is -2.54. The Bertz CT molecular complexity index is 1070. The average Bonchev–Trinajstić information content (AvgIpc) is 2.96. The Morgan fingerprint density at radius 3 is 2.42 bits per heavy atom. The smallest absolute Gasteiger partial charge is 0.328 e. The zero-order valence-corrected chi connectivity index (χ0v) is 26.1. The van der Waals surface area contributed by atoms with E-state index in [0.29, 0.717) is 6.42 Å². The van der Waals surface area contributed by atoms with E-state index in [9.17, 15) is 14.7 Å². The number of allylic oxidation sites excluding steroid dienone is 4. The molecule has 0 saturated carbocycles. The summed E-state index contributed by atoms with van der Waals surface area (Å²) in [6, 6.07) is 0. The first-order valence-corrected chi connectivity index (χ1v) is 14.4. The quantitative estimate of drug-likeness (QED) is 0.170. The SMILES string of the molecule is C=C1C[C@](OC)([C@H](O)C(=O)N[C@H]2OCO[C@H]3[C@@H]2O[C@H](CC(/C=C/C=C/C=C/C(=O)O)OC)C(C)(C)[C@@H]3OC)O[C@H](C)[C@@H]1C. The first kappa shape index (κ1) is 35.1. The van der Waals surface area contributed by atoms with Gasteiger partial charge in [0.1, 0.15) is 19.0 Å². The summed E-state index contributed by atoms with van der Waals surface area (Å²) in [5.74, 6) is -3.33. The second kappa shape index (κ2) is 15.0. The lowest BCUT2D eigenvalue weighted by atomic mass is 9.72. The van der Waals surface area contributed by atoms with Crippen LogP contribution in [0.15, 0.2) is 48.6 Å². The standard InChI is InChI=1S/C31H47NO11/c1-18-16-31(39-8,43-20(3)19(18)2)26(35)28(36)32-29-25-24(40-17-41-29)27(38-7)30(4,5)22(42-25)15-21(37-6)13-11-9-10-12-14-23(33)34/h9-14,19-22,24-27,29,35H,1,15-17H2,2-8H3,(H,32,36)(H,33,34)/b10-9+,13-11+,14-12+/t19-,20-,21?,22-,24+,25+,26-,27-,29+,31-/m1/s1. The molecule has 3 aliphatic heterocycles. The molecule has 3 aliphatic rings. The first-order valence-electron chi connectivity index (χ1n) is 14.4. The Morgan fingerprint density at radius 1 is 1.12 bits per heavy atom. The zero-order valence-electron chi connectivity index (χ0n) is 26.1. The van der Waals surface area contributed by atoms with Crippen molar-refractivity contribution in [2.24, 2.45) is 11.3 Å². The van der Waals surface area contributed by atoms with E-state index in [-0.39, 0.29) is 31.3 Å². The van der Waals surface area contributed by atoms with Crippen LogP contribution in [-0.4, -0.2) is 105 Å². The molecule has 1 unspecified atom stereocenters. The highest BCUT2D eigenvalue weighted by molar-refractivity contribution is 5.82. The highest BCUT2D eigenvalue weighted by atomic mass is 16.7. The summed E-state index contributed by atoms with van der Waals surface area (Å²) in [6.45, 7) is 11.8. The number of carboxylic acid groups (broad SMARTS) is 1. The molecular formula is C31H47NO11. The number of hydrogen-bond acceptors (Lipinski definition) is 10. The molecule has 3 N–H and O–H groups in total. The lowest BCUT2D eigenvalue weighted by Crippen LogP contribution is -2.69. The molecule has 0 radical (unpaired) electrons. The van der Waals surface area contributed by atoms with Gasteiger partial charge in [-0.2, -0.15) is 0 Å². The predicted octanol–water partition coefficient (Wildman–Crippen LogP) is 2.47. The summed E-state index contributed by atoms with van der Waals surface area (Å²) < 4.78 is 41.5. The molecule has 10 atom stereocenters. The van der Waals surface area contributed by atoms with Crippen LogP contribution in [-0.2, 0) is 42.7 Å². The van der Waals surface area contributed by atoms with Crippen LogP contribution in [0.25, 0.3) is 0 Å². The van der Waals surface area contributed by atoms with Gasteiger partial charge >= 0.3 is 5.97 Å². The number of ether oxygens (including phenoxy) is 7. The number of amides is 1. The number of carbonyl (C=O) groups excluding carboxylic acids is 1. The van der Waals surface area contributed by atoms with E-state index < -0.39 is 59.8 Å². The van der Waals surface area contributed by atoms with Crippen molar-refractivity contribution in [3.05, 3.63) is 48.6 Å². The highest BCUT2D eigenvalue weighted by Crippen LogP contribution is 2.44. The number of hydrogen-bond donors (Lipinski definition) is 3. The number of carboxylic acids is 1. The molecule has 0 aromatic rings. The van der Waals surface area contributed by atoms with Crippen LogP contribution in [0.3, 0.4) is 0 Å². The van der Waals surface area contributed by atoms with Crippen molar-refractivity contribution in [1.29, 1.82) is 0 Å². The summed E-state index contributed by atoms with van der Waals surface area (Å²) in [4.78, 5) is 24.0. The van der Waals surface area contributed by atoms with Gasteiger partial charge in [-0.15, -0.1) is 0 Å². The Kier molecular flexibility index (Phi) is 12.3. The number of carbonyl (C=O) groups is 2. The van der Waals surface area contributed by atoms with Crippen LogP contribution in [0.4, 0.5) is 0 Å². The molecular weight excluding hydrogens is 562 g/mol. The molecule has 0 aromatic carbocycles. The molecule has 0 aromatic heterocycles. The minimum Gasteiger partial charge on any atom is -0.478 e. The lowest BCUT2D eigenvalue weighted by molar-refractivity contribution is -0.332. The van der Waals surface area contributed by atoms with Crippen LogP contribution < -0.4 is 5.32 Å². The van der Waals surface area contributed by atoms with E-state index in [1.165, 1.54) is 13.2 Å². The topological polar surface area (TPSA) is 151 Å². The maximum atomic E-state index is 13.4. The molecule has 3 rings (SSSR count). The molecule has 0 bridgehead atoms. The predicted molar refractivity (Wildman–Crippen MR) is 156 cm³/mol. The van der Waals surface area contributed by atoms with Gasteiger partial charge in [-0.3, -0.25) is 4.79 Å². The Labute approximate surface area is 253 Å². The molecule has 242 valence electrons. The maximum absolute atomic E-state index is 13.4. The Balaban J connectivity index is 1.77. The van der Waals surface area contributed by atoms with Crippen LogP contribution in [0.2, 0.25) is 0 Å². The summed E-state index contributed by atoms with van der Waals surface area (Å²) in [7, 11) is 4.57. The number of methoxy groups -OCH3 is 3. The molecule has 0 aliphatic carbocycles. The third kappa shape index (κ3) is 8.00. The average molecular weight is 610 g/mol. The Hall–Kier alpha value is -2.42. The largest absolute Gasteiger partial charge is 0.478 e. The summed E-state index contributed by atoms with van der Waals surface area (Å²) in [5, 5.41) is 22.6. The zero-order chi connectivity index (χ0) is 31.9. The fourth-order valence-corrected chi connectivity index (χ4v) is 5.85. The highest BCUT2D eigenvalue weighted by Gasteiger charge is 2.57. The third-order valence-electron chi connectivity index (χ3n) is 8.72. The Morgan fingerprint density at radius 2 is 1.81 bits per heavy atom. The van der Waals surface area contributed by atoms with Crippen LogP contribution >= 0.6 is 0 Å². The molecule has 43 heavy (non-hydrogen) atoms. The second-order valence-corrected chi connectivity index (χ2v) is 11.8. The minimum atomic E-state index is -1.68. The molecule has 3 fully saturated rings. The number of fused-ring (bicyclic) bond motifs is 1. The van der Waals surface area contributed by atoms with Crippen LogP contribution in [0.5, 0.6) is 0 Å². The van der Waals surface area contributed by atoms with E-state index in [1.54, 1.807) is 32.4 Å². The number of aliphatic carboxylic acids is 1. The van der Waals surface area contributed by atoms with Gasteiger partial charge in [0.15, 0.2) is 12.3 Å². The number of rotatable bonds is 12. The van der Waals surface area contributed by atoms with Crippen molar-refractivity contribution in [1.82, 2.24) is 5.32 Å². The van der Waals surface area contributed by atoms with E-state index in [4.69, 9.17) is 38.3 Å². The molecule has 0 spiro atoms. The van der Waals surface area contributed by atoms with Crippen molar-refractivity contribution >= 4 is 11.9 Å². The van der Waals surface area contributed by atoms with Gasteiger partial charge in [0.05, 0.1) is 24.4 Å². The molecule has 3 saturated heterocycles. The maximum Gasteiger partial charge on any atom is 0.328 e. The van der Waals surface area contributed by atoms with Crippen molar-refractivity contribution < 1.29 is 53.0 Å². The van der Waals surface area contributed by atoms with Gasteiger partial charge < -0.3 is 48.7 Å². The third-order valence-corrected chi connectivity index (χ3v) is 8.72. The van der Waals surface area contributed by atoms with Gasteiger partial charge in [-0.05, 0) is 6.92 Å². The van der Waals surface area contributed by atoms with Crippen LogP contribution in [0, 0.1) is 11.3 Å². The summed E-state index contributed by atoms with van der Waals surface area (Å²) in [6.07, 6.45) is 4.45. The van der Waals surface area contributed by atoms with Gasteiger partial charge in [0.25, 0.3) is 5.91 Å². The van der Waals surface area contributed by atoms with E-state index >= 15 is 0 Å². The minimum absolute atomic E-state index is 0.0376. The van der Waals surface area contributed by atoms with Crippen molar-refractivity contribution in [3.8, 4) is 0 Å². The van der Waals surface area contributed by atoms with Gasteiger partial charge in [-0.25, -0.2) is 4.79 Å². The van der Waals surface area contributed by atoms with E-state index in [2.05, 4.69) is 11.9 Å². The number of aliphatic hydroxyl groups is 1. The first-order chi connectivity index (χ1) is 20.3. The van der Waals surface area contributed by atoms with E-state index in [1.807, 2.05) is 33.8 Å². The molecule has 1 amide bonds. The molecule has 12 nitrogen and oxygen atoms in total. The normalized spacial score (nSPS) is 36.1. The van der Waals surface area contributed by atoms with Crippen molar-refractivity contribution in [2.75, 3.05) is 28.1 Å². The second-order valence-electron chi connectivity index (χ2n) is 11.8.